The summed E-state index contributed by atoms with van der Waals surface area (Å²) in [5.41, 5.74) is 0. The van der Waals surface area contributed by atoms with Crippen LogP contribution in [0.15, 0.2) is 0 Å². The van der Waals surface area contributed by atoms with E-state index in [0.717, 1.165) is 0 Å². The molecule has 0 bridgehead atoms. The fourth-order valence-corrected chi connectivity index (χ4v) is 1.02. The van der Waals surface area contributed by atoms with Crippen LogP contribution >= 0.6 is 17.5 Å². The van der Waals surface area contributed by atoms with Crippen LogP contribution in [-0.2, 0) is 16.3 Å². The van der Waals surface area contributed by atoms with Crippen LogP contribution in [-0.4, -0.2) is 6.61 Å². The monoisotopic (exact) mass is 144 g/mol. The van der Waals surface area contributed by atoms with Crippen molar-refractivity contribution in [3.8, 4) is 0 Å². The largest absolute Gasteiger partial charge is 0.340 e. The lowest BCUT2D eigenvalue weighted by atomic mass is 10.9. The zero-order valence-corrected chi connectivity index (χ0v) is 5.97. The molecule has 0 aliphatic heterocycles. The van der Waals surface area contributed by atoms with E-state index in [0.29, 0.717) is 6.61 Å². The standard InChI is InChI=1S/C2H6ClOPS/c1-2-4-5(3)6/h5H,2H2,1H3. The number of hydrogen-bond donors (Lipinski definition) is 0. The first-order valence-corrected chi connectivity index (χ1v) is 5.15. The highest BCUT2D eigenvalue weighted by atomic mass is 35.7. The van der Waals surface area contributed by atoms with E-state index >= 15 is 0 Å². The van der Waals surface area contributed by atoms with Gasteiger partial charge in [0.2, 0.25) is 0 Å². The van der Waals surface area contributed by atoms with Gasteiger partial charge in [0.1, 0.15) is 6.28 Å². The highest BCUT2D eigenvalue weighted by Gasteiger charge is 1.77. The van der Waals surface area contributed by atoms with Crippen LogP contribution in [0.25, 0.3) is 0 Å². The summed E-state index contributed by atoms with van der Waals surface area (Å²) in [6, 6.07) is 0. The molecule has 0 aliphatic carbocycles. The van der Waals surface area contributed by atoms with E-state index in [9.17, 15) is 0 Å². The smallest absolute Gasteiger partial charge is 0.139 e. The molecule has 0 saturated heterocycles. The third kappa shape index (κ3) is 4.90. The molecular formula is C2H6ClOPS. The molecule has 0 fully saturated rings. The molecule has 0 aromatic carbocycles. The normalized spacial score (nSPS) is 14.3. The molecule has 1 nitrogen and oxygen atoms in total. The molecule has 0 aromatic heterocycles. The minimum absolute atomic E-state index is 0.640. The number of rotatable bonds is 2. The minimum atomic E-state index is -1.33. The average molecular weight is 145 g/mol. The van der Waals surface area contributed by atoms with Crippen LogP contribution in [0.2, 0.25) is 0 Å². The second-order valence-corrected chi connectivity index (χ2v) is 4.25. The molecule has 0 aliphatic rings. The van der Waals surface area contributed by atoms with Gasteiger partial charge in [-0.2, -0.15) is 0 Å². The quantitative estimate of drug-likeness (QED) is 0.547. The summed E-state index contributed by atoms with van der Waals surface area (Å²) >= 11 is 9.80. The van der Waals surface area contributed by atoms with Gasteiger partial charge in [-0.1, -0.05) is 23.0 Å². The topological polar surface area (TPSA) is 9.23 Å². The lowest BCUT2D eigenvalue weighted by molar-refractivity contribution is 0.395. The van der Waals surface area contributed by atoms with Crippen LogP contribution in [0.5, 0.6) is 0 Å². The van der Waals surface area contributed by atoms with Gasteiger partial charge in [0.15, 0.2) is 0 Å². The molecule has 0 saturated carbocycles. The van der Waals surface area contributed by atoms with E-state index in [2.05, 4.69) is 11.8 Å². The molecule has 38 valence electrons. The first kappa shape index (κ1) is 6.90. The maximum atomic E-state index is 5.27. The van der Waals surface area contributed by atoms with Gasteiger partial charge in [-0.3, -0.25) is 0 Å². The predicted molar refractivity (Wildman–Crippen MR) is 33.2 cm³/mol. The second-order valence-electron chi connectivity index (χ2n) is 0.671. The molecule has 0 N–H and O–H groups in total. The predicted octanol–water partition coefficient (Wildman–Crippen LogP) is 1.77. The summed E-state index contributed by atoms with van der Waals surface area (Å²) in [4.78, 5) is 0. The van der Waals surface area contributed by atoms with E-state index in [4.69, 9.17) is 15.8 Å². The Kier molecular flexibility index (Phi) is 4.68. The van der Waals surface area contributed by atoms with Crippen LogP contribution in [0.3, 0.4) is 0 Å². The Morgan fingerprint density at radius 2 is 2.50 bits per heavy atom. The second kappa shape index (κ2) is 4.07. The molecule has 4 heteroatoms. The van der Waals surface area contributed by atoms with Crippen LogP contribution in [0, 0.1) is 0 Å². The van der Waals surface area contributed by atoms with Gasteiger partial charge in [0.05, 0.1) is 0 Å². The van der Waals surface area contributed by atoms with Crippen molar-refractivity contribution in [2.75, 3.05) is 6.61 Å². The first-order valence-electron chi connectivity index (χ1n) is 1.59. The van der Waals surface area contributed by atoms with Gasteiger partial charge in [-0.05, 0) is 6.92 Å². The summed E-state index contributed by atoms with van der Waals surface area (Å²) in [7, 11) is 0. The summed E-state index contributed by atoms with van der Waals surface area (Å²) < 4.78 is 4.72. The fraction of sp³-hybridized carbons (Fsp3) is 1.00. The Morgan fingerprint density at radius 1 is 2.00 bits per heavy atom. The fourth-order valence-electron chi connectivity index (χ4n) is 0.113. The molecular weight excluding hydrogens is 139 g/mol. The number of halogens is 1. The summed E-state index contributed by atoms with van der Waals surface area (Å²) in [5.74, 6) is 0. The van der Waals surface area contributed by atoms with Crippen molar-refractivity contribution in [1.29, 1.82) is 0 Å². The highest BCUT2D eigenvalue weighted by Crippen LogP contribution is 2.27. The third-order valence-electron chi connectivity index (χ3n) is 0.258. The molecule has 0 heterocycles. The van der Waals surface area contributed by atoms with Crippen molar-refractivity contribution in [2.24, 2.45) is 0 Å². The summed E-state index contributed by atoms with van der Waals surface area (Å²) in [6.07, 6.45) is -1.33. The molecule has 6 heavy (non-hydrogen) atoms. The van der Waals surface area contributed by atoms with E-state index in [-0.39, 0.29) is 0 Å². The first-order chi connectivity index (χ1) is 2.77. The Bertz CT molecular complexity index is 57.5. The highest BCUT2D eigenvalue weighted by molar-refractivity contribution is 8.14. The minimum Gasteiger partial charge on any atom is -0.340 e. The van der Waals surface area contributed by atoms with E-state index in [1.165, 1.54) is 0 Å². The van der Waals surface area contributed by atoms with Gasteiger partial charge < -0.3 is 4.52 Å². The maximum absolute atomic E-state index is 5.27. The van der Waals surface area contributed by atoms with Gasteiger partial charge >= 0.3 is 0 Å². The lowest BCUT2D eigenvalue weighted by Gasteiger charge is -1.89. The van der Waals surface area contributed by atoms with Crippen molar-refractivity contribution >= 4 is 29.3 Å². The van der Waals surface area contributed by atoms with Crippen molar-refractivity contribution in [3.63, 3.8) is 0 Å². The zero-order valence-electron chi connectivity index (χ0n) is 3.40. The van der Waals surface area contributed by atoms with Crippen LogP contribution in [0.4, 0.5) is 0 Å². The molecule has 0 amide bonds. The molecule has 0 rings (SSSR count). The van der Waals surface area contributed by atoms with Crippen LogP contribution in [0.1, 0.15) is 6.92 Å². The molecule has 1 atom stereocenters. The van der Waals surface area contributed by atoms with E-state index < -0.39 is 6.28 Å². The molecule has 1 unspecified atom stereocenters. The van der Waals surface area contributed by atoms with Gasteiger partial charge in [-0.15, -0.1) is 0 Å². The Labute approximate surface area is 47.9 Å². The van der Waals surface area contributed by atoms with Gasteiger partial charge in [0, 0.05) is 6.61 Å². The molecule has 0 radical (unpaired) electrons. The van der Waals surface area contributed by atoms with Gasteiger partial charge in [0.25, 0.3) is 0 Å². The Morgan fingerprint density at radius 3 is 2.50 bits per heavy atom. The van der Waals surface area contributed by atoms with E-state index in [1.807, 2.05) is 6.92 Å². The number of hydrogen-bond acceptors (Lipinski definition) is 2. The third-order valence-corrected chi connectivity index (χ3v) is 1.45. The average Bonchev–Trinajstić information content (AvgIpc) is 1.35. The van der Waals surface area contributed by atoms with Crippen molar-refractivity contribution in [2.45, 2.75) is 6.92 Å². The zero-order chi connectivity index (χ0) is 4.99. The Hall–Kier alpha value is 0.900. The van der Waals surface area contributed by atoms with E-state index in [1.54, 1.807) is 0 Å². The van der Waals surface area contributed by atoms with Crippen molar-refractivity contribution < 1.29 is 4.52 Å². The lowest BCUT2D eigenvalue weighted by Crippen LogP contribution is -1.68. The van der Waals surface area contributed by atoms with Crippen molar-refractivity contribution in [3.05, 3.63) is 0 Å². The van der Waals surface area contributed by atoms with Crippen LogP contribution < -0.4 is 0 Å². The van der Waals surface area contributed by atoms with Crippen molar-refractivity contribution in [1.82, 2.24) is 0 Å². The Balaban J connectivity index is 2.83. The SMILES string of the molecule is CCO[PH](=S)Cl. The summed E-state index contributed by atoms with van der Waals surface area (Å²) in [5, 5.41) is 0. The maximum Gasteiger partial charge on any atom is 0.139 e. The molecule has 0 spiro atoms. The molecule has 0 aromatic rings. The van der Waals surface area contributed by atoms with Gasteiger partial charge in [-0.25, -0.2) is 0 Å². The summed E-state index contributed by atoms with van der Waals surface area (Å²) in [6.45, 7) is 2.51.